The first-order valence-corrected chi connectivity index (χ1v) is 8.97. The van der Waals surface area contributed by atoms with Gasteiger partial charge in [-0.2, -0.15) is 24.5 Å². The van der Waals surface area contributed by atoms with Gasteiger partial charge in [0.25, 0.3) is 5.91 Å². The summed E-state index contributed by atoms with van der Waals surface area (Å²) in [6.07, 6.45) is -2.32. The quantitative estimate of drug-likeness (QED) is 0.855. The number of hydrogen-bond donors (Lipinski definition) is 1. The number of alkyl halides is 3. The predicted octanol–water partition coefficient (Wildman–Crippen LogP) is 4.21. The van der Waals surface area contributed by atoms with Gasteiger partial charge in [0.15, 0.2) is 0 Å². The third-order valence-corrected chi connectivity index (χ3v) is 5.02. The Labute approximate surface area is 151 Å². The highest BCUT2D eigenvalue weighted by Gasteiger charge is 2.32. The van der Waals surface area contributed by atoms with Gasteiger partial charge in [-0.25, -0.2) is 4.98 Å². The largest absolute Gasteiger partial charge is 0.417 e. The number of piperidine rings is 1. The Morgan fingerprint density at radius 2 is 2.08 bits per heavy atom. The molecule has 1 aliphatic heterocycles. The molecule has 2 aromatic rings. The monoisotopic (exact) mass is 389 g/mol. The van der Waals surface area contributed by atoms with Gasteiger partial charge in [0, 0.05) is 36.3 Å². The highest BCUT2D eigenvalue weighted by molar-refractivity contribution is 7.08. The van der Waals surface area contributed by atoms with Crippen LogP contribution in [0.2, 0.25) is 5.02 Å². The van der Waals surface area contributed by atoms with Gasteiger partial charge < -0.3 is 10.2 Å². The van der Waals surface area contributed by atoms with Gasteiger partial charge in [-0.3, -0.25) is 4.79 Å². The van der Waals surface area contributed by atoms with Crippen molar-refractivity contribution in [1.82, 2.24) is 10.3 Å². The van der Waals surface area contributed by atoms with Crippen LogP contribution in [0.5, 0.6) is 0 Å². The number of rotatable bonds is 3. The molecule has 3 heterocycles. The first-order valence-electron chi connectivity index (χ1n) is 7.65. The summed E-state index contributed by atoms with van der Waals surface area (Å²) in [6, 6.07) is 2.69. The Hall–Kier alpha value is -1.80. The van der Waals surface area contributed by atoms with Gasteiger partial charge in [0.2, 0.25) is 0 Å². The molecule has 0 aliphatic carbocycles. The first kappa shape index (κ1) is 18.0. The maximum absolute atomic E-state index is 12.7. The Balaban J connectivity index is 1.60. The van der Waals surface area contributed by atoms with Crippen LogP contribution in [-0.2, 0) is 6.18 Å². The zero-order chi connectivity index (χ0) is 18.0. The molecular weight excluding hydrogens is 375 g/mol. The second-order valence-electron chi connectivity index (χ2n) is 5.77. The fourth-order valence-corrected chi connectivity index (χ4v) is 3.64. The fraction of sp³-hybridized carbons (Fsp3) is 0.375. The van der Waals surface area contributed by atoms with Crippen molar-refractivity contribution in [3.63, 3.8) is 0 Å². The van der Waals surface area contributed by atoms with Crippen LogP contribution in [0.3, 0.4) is 0 Å². The smallest absolute Gasteiger partial charge is 0.355 e. The molecule has 9 heteroatoms. The first-order chi connectivity index (χ1) is 11.8. The third kappa shape index (κ3) is 4.24. The average Bonchev–Trinajstić information content (AvgIpc) is 3.09. The minimum Gasteiger partial charge on any atom is -0.355 e. The molecule has 0 spiro atoms. The lowest BCUT2D eigenvalue weighted by atomic mass is 10.0. The lowest BCUT2D eigenvalue weighted by Crippen LogP contribution is -2.45. The van der Waals surface area contributed by atoms with Crippen LogP contribution < -0.4 is 10.2 Å². The molecule has 1 fully saturated rings. The molecule has 1 N–H and O–H groups in total. The second kappa shape index (κ2) is 7.21. The maximum Gasteiger partial charge on any atom is 0.417 e. The number of halogens is 4. The molecule has 134 valence electrons. The molecule has 0 bridgehead atoms. The van der Waals surface area contributed by atoms with E-state index in [0.29, 0.717) is 37.3 Å². The molecule has 1 amide bonds. The zero-order valence-electron chi connectivity index (χ0n) is 13.0. The predicted molar refractivity (Wildman–Crippen MR) is 91.3 cm³/mol. The molecule has 0 saturated carbocycles. The SMILES string of the molecule is O=C(NC1CCN(c2ncc(C(F)(F)F)cc2Cl)CC1)c1ccsc1. The summed E-state index contributed by atoms with van der Waals surface area (Å²) < 4.78 is 38.0. The Morgan fingerprint density at radius 1 is 1.36 bits per heavy atom. The summed E-state index contributed by atoms with van der Waals surface area (Å²) in [5.41, 5.74) is -0.223. The van der Waals surface area contributed by atoms with Crippen molar-refractivity contribution in [3.05, 3.63) is 45.2 Å². The molecule has 2 aromatic heterocycles. The summed E-state index contributed by atoms with van der Waals surface area (Å²) in [4.78, 5) is 17.8. The molecule has 4 nitrogen and oxygen atoms in total. The van der Waals surface area contributed by atoms with E-state index in [-0.39, 0.29) is 17.0 Å². The number of hydrogen-bond acceptors (Lipinski definition) is 4. The summed E-state index contributed by atoms with van der Waals surface area (Å²) in [5.74, 6) is 0.239. The molecule has 0 unspecified atom stereocenters. The number of anilines is 1. The van der Waals surface area contributed by atoms with Gasteiger partial charge in [0.1, 0.15) is 5.82 Å². The van der Waals surface area contributed by atoms with Gasteiger partial charge in [-0.1, -0.05) is 11.6 Å². The summed E-state index contributed by atoms with van der Waals surface area (Å²) >= 11 is 7.44. The van der Waals surface area contributed by atoms with E-state index < -0.39 is 11.7 Å². The van der Waals surface area contributed by atoms with E-state index in [2.05, 4.69) is 10.3 Å². The number of carbonyl (C=O) groups is 1. The summed E-state index contributed by atoms with van der Waals surface area (Å²) in [5, 5.41) is 6.59. The van der Waals surface area contributed by atoms with E-state index in [9.17, 15) is 18.0 Å². The lowest BCUT2D eigenvalue weighted by molar-refractivity contribution is -0.137. The van der Waals surface area contributed by atoms with Crippen LogP contribution in [0.15, 0.2) is 29.1 Å². The van der Waals surface area contributed by atoms with Gasteiger partial charge >= 0.3 is 6.18 Å². The fourth-order valence-electron chi connectivity index (χ4n) is 2.72. The van der Waals surface area contributed by atoms with Crippen LogP contribution in [0.25, 0.3) is 0 Å². The number of carbonyl (C=O) groups excluding carboxylic acids is 1. The number of aromatic nitrogens is 1. The van der Waals surface area contributed by atoms with Gasteiger partial charge in [-0.05, 0) is 30.4 Å². The van der Waals surface area contributed by atoms with E-state index in [4.69, 9.17) is 11.6 Å². The van der Waals surface area contributed by atoms with E-state index in [0.717, 1.165) is 12.3 Å². The van der Waals surface area contributed by atoms with Crippen molar-refractivity contribution in [2.45, 2.75) is 25.1 Å². The molecule has 3 rings (SSSR count). The van der Waals surface area contributed by atoms with E-state index in [1.165, 1.54) is 11.3 Å². The minimum atomic E-state index is -4.46. The third-order valence-electron chi connectivity index (χ3n) is 4.06. The number of thiophene rings is 1. The number of pyridine rings is 1. The normalized spacial score (nSPS) is 16.1. The average molecular weight is 390 g/mol. The molecule has 25 heavy (non-hydrogen) atoms. The molecule has 0 atom stereocenters. The van der Waals surface area contributed by atoms with Gasteiger partial charge in [0.05, 0.1) is 10.6 Å². The van der Waals surface area contributed by atoms with Crippen molar-refractivity contribution in [3.8, 4) is 0 Å². The summed E-state index contributed by atoms with van der Waals surface area (Å²) in [7, 11) is 0. The summed E-state index contributed by atoms with van der Waals surface area (Å²) in [6.45, 7) is 1.12. The van der Waals surface area contributed by atoms with E-state index in [1.54, 1.807) is 11.4 Å². The maximum atomic E-state index is 12.7. The van der Waals surface area contributed by atoms with Crippen LogP contribution in [0.1, 0.15) is 28.8 Å². The van der Waals surface area contributed by atoms with Crippen molar-refractivity contribution in [2.24, 2.45) is 0 Å². The minimum absolute atomic E-state index is 0.0180. The van der Waals surface area contributed by atoms with Crippen LogP contribution >= 0.6 is 22.9 Å². The Morgan fingerprint density at radius 3 is 2.64 bits per heavy atom. The van der Waals surface area contributed by atoms with Crippen LogP contribution in [0, 0.1) is 0 Å². The molecule has 1 aliphatic rings. The van der Waals surface area contributed by atoms with E-state index >= 15 is 0 Å². The lowest BCUT2D eigenvalue weighted by Gasteiger charge is -2.33. The molecule has 1 saturated heterocycles. The molecule has 0 aromatic carbocycles. The molecule has 0 radical (unpaired) electrons. The van der Waals surface area contributed by atoms with Crippen molar-refractivity contribution >= 4 is 34.7 Å². The Bertz CT molecular complexity index is 744. The number of nitrogens with zero attached hydrogens (tertiary/aromatic N) is 2. The van der Waals surface area contributed by atoms with E-state index in [1.807, 2.05) is 10.3 Å². The molecular formula is C16H15ClF3N3OS. The standard InChI is InChI=1S/C16H15ClF3N3OS/c17-13-7-11(16(18,19)20)8-21-14(13)23-4-1-12(2-5-23)22-15(24)10-3-6-25-9-10/h3,6-9,12H,1-2,4-5H2,(H,22,24). The van der Waals surface area contributed by atoms with Crippen LogP contribution in [-0.4, -0.2) is 30.0 Å². The van der Waals surface area contributed by atoms with Crippen molar-refractivity contribution in [2.75, 3.05) is 18.0 Å². The zero-order valence-corrected chi connectivity index (χ0v) is 14.6. The second-order valence-corrected chi connectivity index (χ2v) is 6.96. The topological polar surface area (TPSA) is 45.2 Å². The van der Waals surface area contributed by atoms with Gasteiger partial charge in [-0.15, -0.1) is 0 Å². The van der Waals surface area contributed by atoms with Crippen LogP contribution in [0.4, 0.5) is 19.0 Å². The number of amides is 1. The van der Waals surface area contributed by atoms with Crippen molar-refractivity contribution < 1.29 is 18.0 Å². The number of nitrogens with one attached hydrogen (secondary N) is 1. The highest BCUT2D eigenvalue weighted by atomic mass is 35.5. The Kier molecular flexibility index (Phi) is 5.19. The highest BCUT2D eigenvalue weighted by Crippen LogP contribution is 2.34. The van der Waals surface area contributed by atoms with Crippen molar-refractivity contribution in [1.29, 1.82) is 0 Å².